The van der Waals surface area contributed by atoms with E-state index in [1.807, 2.05) is 37.3 Å². The summed E-state index contributed by atoms with van der Waals surface area (Å²) in [6.45, 7) is 1.84. The summed E-state index contributed by atoms with van der Waals surface area (Å²) in [5.74, 6) is -0.433. The van der Waals surface area contributed by atoms with Gasteiger partial charge in [-0.3, -0.25) is 4.79 Å². The molecule has 1 heterocycles. The quantitative estimate of drug-likeness (QED) is 0.799. The lowest BCUT2D eigenvalue weighted by Crippen LogP contribution is -2.32. The van der Waals surface area contributed by atoms with Crippen LogP contribution in [0.5, 0.6) is 0 Å². The standard InChI is InChI=1S/C18H19NO4S/c1-13(14-8-4-3-5-9-14)19-16(12-18(20)23-2)15-10-6-7-11-17(15)24(19,21)22/h3-11,13,16H,12H2,1-2H3/t13-,16-/m0/s1. The molecule has 2 aromatic carbocycles. The molecule has 0 saturated heterocycles. The van der Waals surface area contributed by atoms with Crippen molar-refractivity contribution in [2.45, 2.75) is 30.3 Å². The van der Waals surface area contributed by atoms with E-state index >= 15 is 0 Å². The van der Waals surface area contributed by atoms with Crippen molar-refractivity contribution in [3.8, 4) is 0 Å². The van der Waals surface area contributed by atoms with Crippen LogP contribution < -0.4 is 0 Å². The number of ether oxygens (including phenoxy) is 1. The number of methoxy groups -OCH3 is 1. The van der Waals surface area contributed by atoms with Gasteiger partial charge < -0.3 is 4.74 Å². The van der Waals surface area contributed by atoms with Crippen LogP contribution in [0.1, 0.15) is 36.6 Å². The van der Waals surface area contributed by atoms with E-state index in [-0.39, 0.29) is 11.3 Å². The first-order valence-electron chi connectivity index (χ1n) is 7.71. The predicted octanol–water partition coefficient (Wildman–Crippen LogP) is 3.06. The van der Waals surface area contributed by atoms with Gasteiger partial charge in [-0.1, -0.05) is 48.5 Å². The maximum absolute atomic E-state index is 13.1. The number of carbonyl (C=O) groups is 1. The number of carbonyl (C=O) groups excluding carboxylic acids is 1. The second-order valence-electron chi connectivity index (χ2n) is 5.76. The topological polar surface area (TPSA) is 63.7 Å². The van der Waals surface area contributed by atoms with Crippen LogP contribution in [0.2, 0.25) is 0 Å². The molecule has 0 aliphatic carbocycles. The van der Waals surface area contributed by atoms with E-state index in [1.165, 1.54) is 11.4 Å². The molecule has 0 N–H and O–H groups in total. The van der Waals surface area contributed by atoms with Gasteiger partial charge in [-0.2, -0.15) is 4.31 Å². The van der Waals surface area contributed by atoms with E-state index in [0.717, 1.165) is 5.56 Å². The number of hydrogen-bond donors (Lipinski definition) is 0. The SMILES string of the molecule is COC(=O)C[C@H]1c2ccccc2S(=O)(=O)N1[C@@H](C)c1ccccc1. The third-order valence-electron chi connectivity index (χ3n) is 4.39. The Hall–Kier alpha value is -2.18. The molecule has 1 aliphatic heterocycles. The first kappa shape index (κ1) is 16.7. The molecule has 0 saturated carbocycles. The maximum atomic E-state index is 13.1. The van der Waals surface area contributed by atoms with Crippen molar-refractivity contribution >= 4 is 16.0 Å². The van der Waals surface area contributed by atoms with Crippen molar-refractivity contribution in [3.05, 3.63) is 65.7 Å². The minimum atomic E-state index is -3.67. The zero-order valence-corrected chi connectivity index (χ0v) is 14.4. The van der Waals surface area contributed by atoms with Gasteiger partial charge >= 0.3 is 5.97 Å². The molecule has 0 bridgehead atoms. The van der Waals surface area contributed by atoms with Gasteiger partial charge in [-0.25, -0.2) is 8.42 Å². The average Bonchev–Trinajstić information content (AvgIpc) is 2.82. The zero-order valence-electron chi connectivity index (χ0n) is 13.5. The summed E-state index contributed by atoms with van der Waals surface area (Å²) in [7, 11) is -2.36. The highest BCUT2D eigenvalue weighted by Crippen LogP contribution is 2.46. The average molecular weight is 345 g/mol. The van der Waals surface area contributed by atoms with Crippen LogP contribution in [0.25, 0.3) is 0 Å². The Morgan fingerprint density at radius 2 is 1.75 bits per heavy atom. The second kappa shape index (κ2) is 6.37. The summed E-state index contributed by atoms with van der Waals surface area (Å²) in [6.07, 6.45) is -0.0100. The highest BCUT2D eigenvalue weighted by atomic mass is 32.2. The summed E-state index contributed by atoms with van der Waals surface area (Å²) in [5.41, 5.74) is 1.52. The molecule has 0 fully saturated rings. The molecule has 5 nitrogen and oxygen atoms in total. The number of hydrogen-bond acceptors (Lipinski definition) is 4. The van der Waals surface area contributed by atoms with Crippen LogP contribution in [0.4, 0.5) is 0 Å². The Morgan fingerprint density at radius 1 is 1.12 bits per heavy atom. The van der Waals surface area contributed by atoms with Crippen LogP contribution in [0.3, 0.4) is 0 Å². The van der Waals surface area contributed by atoms with E-state index in [1.54, 1.807) is 24.3 Å². The van der Waals surface area contributed by atoms with E-state index in [4.69, 9.17) is 4.74 Å². The minimum absolute atomic E-state index is 0.0100. The lowest BCUT2D eigenvalue weighted by Gasteiger charge is -2.29. The monoisotopic (exact) mass is 345 g/mol. The van der Waals surface area contributed by atoms with Gasteiger partial charge in [-0.15, -0.1) is 0 Å². The number of sulfonamides is 1. The van der Waals surface area contributed by atoms with Crippen LogP contribution in [-0.4, -0.2) is 25.8 Å². The Labute approximate surface area is 141 Å². The van der Waals surface area contributed by atoms with Crippen molar-refractivity contribution in [1.82, 2.24) is 4.31 Å². The summed E-state index contributed by atoms with van der Waals surface area (Å²) >= 11 is 0. The van der Waals surface area contributed by atoms with Gasteiger partial charge in [0.15, 0.2) is 0 Å². The van der Waals surface area contributed by atoms with Gasteiger partial charge in [0.25, 0.3) is 0 Å². The van der Waals surface area contributed by atoms with Crippen LogP contribution in [0.15, 0.2) is 59.5 Å². The van der Waals surface area contributed by atoms with E-state index in [0.29, 0.717) is 5.56 Å². The molecule has 0 spiro atoms. The molecular weight excluding hydrogens is 326 g/mol. The van der Waals surface area contributed by atoms with Gasteiger partial charge in [0.1, 0.15) is 0 Å². The Balaban J connectivity index is 2.10. The summed E-state index contributed by atoms with van der Waals surface area (Å²) in [5, 5.41) is 0. The molecule has 2 aromatic rings. The molecular formula is C18H19NO4S. The molecule has 0 radical (unpaired) electrons. The third-order valence-corrected chi connectivity index (χ3v) is 6.45. The largest absolute Gasteiger partial charge is 0.469 e. The van der Waals surface area contributed by atoms with Crippen molar-refractivity contribution < 1.29 is 17.9 Å². The molecule has 126 valence electrons. The number of nitrogens with zero attached hydrogens (tertiary/aromatic N) is 1. The molecule has 0 amide bonds. The fraction of sp³-hybridized carbons (Fsp3) is 0.278. The van der Waals surface area contributed by atoms with Crippen molar-refractivity contribution in [3.63, 3.8) is 0 Å². The fourth-order valence-electron chi connectivity index (χ4n) is 3.21. The zero-order chi connectivity index (χ0) is 17.3. The Morgan fingerprint density at radius 3 is 2.42 bits per heavy atom. The van der Waals surface area contributed by atoms with Gasteiger partial charge in [0, 0.05) is 6.04 Å². The van der Waals surface area contributed by atoms with E-state index < -0.39 is 28.1 Å². The third kappa shape index (κ3) is 2.72. The van der Waals surface area contributed by atoms with Crippen LogP contribution in [0, 0.1) is 0 Å². The van der Waals surface area contributed by atoms with Crippen LogP contribution >= 0.6 is 0 Å². The molecule has 24 heavy (non-hydrogen) atoms. The van der Waals surface area contributed by atoms with Gasteiger partial charge in [0.05, 0.1) is 24.5 Å². The second-order valence-corrected chi connectivity index (χ2v) is 7.57. The highest BCUT2D eigenvalue weighted by molar-refractivity contribution is 7.89. The first-order valence-corrected chi connectivity index (χ1v) is 9.15. The molecule has 6 heteroatoms. The minimum Gasteiger partial charge on any atom is -0.469 e. The number of rotatable bonds is 4. The maximum Gasteiger partial charge on any atom is 0.307 e. The van der Waals surface area contributed by atoms with E-state index in [9.17, 15) is 13.2 Å². The fourth-order valence-corrected chi connectivity index (χ4v) is 5.25. The molecule has 0 aromatic heterocycles. The lowest BCUT2D eigenvalue weighted by molar-refractivity contribution is -0.141. The molecule has 0 unspecified atom stereocenters. The highest BCUT2D eigenvalue weighted by Gasteiger charge is 2.46. The Bertz CT molecular complexity index is 848. The van der Waals surface area contributed by atoms with Gasteiger partial charge in [-0.05, 0) is 24.1 Å². The van der Waals surface area contributed by atoms with E-state index in [2.05, 4.69) is 0 Å². The predicted molar refractivity (Wildman–Crippen MR) is 89.7 cm³/mol. The summed E-state index contributed by atoms with van der Waals surface area (Å²) in [6, 6.07) is 15.3. The number of benzene rings is 2. The molecule has 3 rings (SSSR count). The first-order chi connectivity index (χ1) is 11.5. The summed E-state index contributed by atoms with van der Waals surface area (Å²) in [4.78, 5) is 12.1. The van der Waals surface area contributed by atoms with Crippen molar-refractivity contribution in [2.75, 3.05) is 7.11 Å². The summed E-state index contributed by atoms with van der Waals surface area (Å²) < 4.78 is 32.3. The van der Waals surface area contributed by atoms with Crippen molar-refractivity contribution in [2.24, 2.45) is 0 Å². The number of fused-ring (bicyclic) bond motifs is 1. The Kier molecular flexibility index (Phi) is 4.43. The van der Waals surface area contributed by atoms with Gasteiger partial charge in [0.2, 0.25) is 10.0 Å². The van der Waals surface area contributed by atoms with Crippen molar-refractivity contribution in [1.29, 1.82) is 0 Å². The van der Waals surface area contributed by atoms with Crippen LogP contribution in [-0.2, 0) is 19.6 Å². The smallest absolute Gasteiger partial charge is 0.307 e. The number of esters is 1. The normalized spacial score (nSPS) is 20.3. The molecule has 2 atom stereocenters. The molecule has 1 aliphatic rings. The lowest BCUT2D eigenvalue weighted by atomic mass is 10.0.